The van der Waals surface area contributed by atoms with Crippen LogP contribution in [-0.2, 0) is 0 Å². The van der Waals surface area contributed by atoms with E-state index in [0.717, 1.165) is 0 Å². The molecule has 0 saturated carbocycles. The second-order valence-electron chi connectivity index (χ2n) is 3.61. The third-order valence-electron chi connectivity index (χ3n) is 2.29. The van der Waals surface area contributed by atoms with E-state index in [0.29, 0.717) is 12.5 Å². The molecule has 1 N–H and O–H groups in total. The summed E-state index contributed by atoms with van der Waals surface area (Å²) in [5, 5.41) is 2.44. The van der Waals surface area contributed by atoms with E-state index in [1.54, 1.807) is 19.1 Å². The molecule has 1 aromatic heterocycles. The molecule has 0 aliphatic heterocycles. The SMILES string of the molecule is CCOc1cc(C(=O)Nc2ccccc2F)ncn1. The molecule has 0 unspecified atom stereocenters. The van der Waals surface area contributed by atoms with Crippen molar-refractivity contribution in [2.24, 2.45) is 0 Å². The Morgan fingerprint density at radius 2 is 2.16 bits per heavy atom. The van der Waals surface area contributed by atoms with Gasteiger partial charge in [0, 0.05) is 6.07 Å². The van der Waals surface area contributed by atoms with Gasteiger partial charge in [-0.25, -0.2) is 14.4 Å². The highest BCUT2D eigenvalue weighted by Gasteiger charge is 2.11. The van der Waals surface area contributed by atoms with Gasteiger partial charge in [0.05, 0.1) is 12.3 Å². The van der Waals surface area contributed by atoms with Gasteiger partial charge in [-0.2, -0.15) is 0 Å². The Morgan fingerprint density at radius 1 is 1.37 bits per heavy atom. The van der Waals surface area contributed by atoms with Crippen molar-refractivity contribution in [3.63, 3.8) is 0 Å². The van der Waals surface area contributed by atoms with Crippen molar-refractivity contribution in [3.05, 3.63) is 48.2 Å². The van der Waals surface area contributed by atoms with Crippen LogP contribution in [0.15, 0.2) is 36.7 Å². The number of nitrogens with zero attached hydrogens (tertiary/aromatic N) is 2. The molecule has 98 valence electrons. The highest BCUT2D eigenvalue weighted by Crippen LogP contribution is 2.14. The fourth-order valence-corrected chi connectivity index (χ4v) is 1.44. The maximum Gasteiger partial charge on any atom is 0.274 e. The van der Waals surface area contributed by atoms with E-state index in [1.165, 1.54) is 24.5 Å². The molecule has 0 atom stereocenters. The summed E-state index contributed by atoms with van der Waals surface area (Å²) in [5.74, 6) is -0.723. The van der Waals surface area contributed by atoms with Crippen LogP contribution in [0.25, 0.3) is 0 Å². The van der Waals surface area contributed by atoms with Gasteiger partial charge in [-0.3, -0.25) is 4.79 Å². The van der Waals surface area contributed by atoms with Crippen molar-refractivity contribution in [1.82, 2.24) is 9.97 Å². The predicted octanol–water partition coefficient (Wildman–Crippen LogP) is 2.27. The number of halogens is 1. The Labute approximate surface area is 109 Å². The number of rotatable bonds is 4. The smallest absolute Gasteiger partial charge is 0.274 e. The fourth-order valence-electron chi connectivity index (χ4n) is 1.44. The Morgan fingerprint density at radius 3 is 2.89 bits per heavy atom. The van der Waals surface area contributed by atoms with Crippen LogP contribution in [0.1, 0.15) is 17.4 Å². The van der Waals surface area contributed by atoms with Crippen molar-refractivity contribution < 1.29 is 13.9 Å². The lowest BCUT2D eigenvalue weighted by molar-refractivity contribution is 0.102. The lowest BCUT2D eigenvalue weighted by Crippen LogP contribution is -2.15. The molecule has 5 nitrogen and oxygen atoms in total. The van der Waals surface area contributed by atoms with Crippen molar-refractivity contribution in [1.29, 1.82) is 0 Å². The number of hydrogen-bond acceptors (Lipinski definition) is 4. The Hall–Kier alpha value is -2.50. The first-order chi connectivity index (χ1) is 9.20. The molecule has 0 fully saturated rings. The minimum atomic E-state index is -0.520. The van der Waals surface area contributed by atoms with Gasteiger partial charge >= 0.3 is 0 Å². The van der Waals surface area contributed by atoms with Crippen LogP contribution >= 0.6 is 0 Å². The molecule has 0 bridgehead atoms. The molecule has 0 aliphatic rings. The molecule has 19 heavy (non-hydrogen) atoms. The number of ether oxygens (including phenoxy) is 1. The normalized spacial score (nSPS) is 10.0. The number of carbonyl (C=O) groups is 1. The molecule has 0 aliphatic carbocycles. The molecule has 2 aromatic rings. The van der Waals surface area contributed by atoms with Gasteiger partial charge in [-0.1, -0.05) is 12.1 Å². The van der Waals surface area contributed by atoms with Crippen molar-refractivity contribution in [2.45, 2.75) is 6.92 Å². The minimum absolute atomic E-state index is 0.101. The average molecular weight is 261 g/mol. The summed E-state index contributed by atoms with van der Waals surface area (Å²) in [6, 6.07) is 7.31. The standard InChI is InChI=1S/C13H12FN3O2/c1-2-19-12-7-11(15-8-16-12)13(18)17-10-6-4-3-5-9(10)14/h3-8H,2H2,1H3,(H,17,18). The molecule has 0 saturated heterocycles. The van der Waals surface area contributed by atoms with Gasteiger partial charge < -0.3 is 10.1 Å². The molecule has 1 amide bonds. The Balaban J connectivity index is 2.16. The van der Waals surface area contributed by atoms with Crippen molar-refractivity contribution in [2.75, 3.05) is 11.9 Å². The summed E-state index contributed by atoms with van der Waals surface area (Å²) in [6.07, 6.45) is 1.22. The van der Waals surface area contributed by atoms with E-state index >= 15 is 0 Å². The van der Waals surface area contributed by atoms with Crippen LogP contribution in [0.3, 0.4) is 0 Å². The van der Waals surface area contributed by atoms with Crippen LogP contribution in [0.2, 0.25) is 0 Å². The third-order valence-corrected chi connectivity index (χ3v) is 2.29. The zero-order valence-electron chi connectivity index (χ0n) is 10.3. The van der Waals surface area contributed by atoms with Crippen LogP contribution in [0.5, 0.6) is 5.88 Å². The first-order valence-electron chi connectivity index (χ1n) is 5.71. The predicted molar refractivity (Wildman–Crippen MR) is 67.6 cm³/mol. The number of hydrogen-bond donors (Lipinski definition) is 1. The number of para-hydroxylation sites is 1. The molecule has 1 heterocycles. The summed E-state index contributed by atoms with van der Waals surface area (Å²) >= 11 is 0. The quantitative estimate of drug-likeness (QED) is 0.917. The first kappa shape index (κ1) is 12.9. The number of amides is 1. The summed E-state index contributed by atoms with van der Waals surface area (Å²) in [6.45, 7) is 2.24. The number of aromatic nitrogens is 2. The largest absolute Gasteiger partial charge is 0.478 e. The number of nitrogens with one attached hydrogen (secondary N) is 1. The molecular weight excluding hydrogens is 249 g/mol. The molecule has 2 rings (SSSR count). The molecule has 0 spiro atoms. The average Bonchev–Trinajstić information content (AvgIpc) is 2.42. The van der Waals surface area contributed by atoms with Gasteiger partial charge in [-0.15, -0.1) is 0 Å². The van der Waals surface area contributed by atoms with E-state index in [9.17, 15) is 9.18 Å². The summed E-state index contributed by atoms with van der Waals surface area (Å²) in [7, 11) is 0. The Bertz CT molecular complexity index is 590. The first-order valence-corrected chi connectivity index (χ1v) is 5.71. The molecule has 1 aromatic carbocycles. The zero-order valence-corrected chi connectivity index (χ0v) is 10.3. The lowest BCUT2D eigenvalue weighted by Gasteiger charge is -2.06. The topological polar surface area (TPSA) is 64.1 Å². The zero-order chi connectivity index (χ0) is 13.7. The monoisotopic (exact) mass is 261 g/mol. The second-order valence-corrected chi connectivity index (χ2v) is 3.61. The van der Waals surface area contributed by atoms with Crippen LogP contribution in [0.4, 0.5) is 10.1 Å². The van der Waals surface area contributed by atoms with Gasteiger partial charge in [-0.05, 0) is 19.1 Å². The minimum Gasteiger partial charge on any atom is -0.478 e. The highest BCUT2D eigenvalue weighted by molar-refractivity contribution is 6.03. The van der Waals surface area contributed by atoms with E-state index < -0.39 is 11.7 Å². The lowest BCUT2D eigenvalue weighted by atomic mass is 10.3. The Kier molecular flexibility index (Phi) is 4.02. The van der Waals surface area contributed by atoms with Crippen LogP contribution in [0, 0.1) is 5.82 Å². The van der Waals surface area contributed by atoms with E-state index in [2.05, 4.69) is 15.3 Å². The molecular formula is C13H12FN3O2. The van der Waals surface area contributed by atoms with Gasteiger partial charge in [0.1, 0.15) is 17.8 Å². The maximum atomic E-state index is 13.4. The van der Waals surface area contributed by atoms with Crippen molar-refractivity contribution >= 4 is 11.6 Å². The summed E-state index contributed by atoms with van der Waals surface area (Å²) in [5.41, 5.74) is 0.214. The number of carbonyl (C=O) groups excluding carboxylic acids is 1. The summed E-state index contributed by atoms with van der Waals surface area (Å²) in [4.78, 5) is 19.6. The number of anilines is 1. The van der Waals surface area contributed by atoms with Crippen molar-refractivity contribution in [3.8, 4) is 5.88 Å². The van der Waals surface area contributed by atoms with Gasteiger partial charge in [0.2, 0.25) is 5.88 Å². The molecule has 6 heteroatoms. The molecule has 0 radical (unpaired) electrons. The third kappa shape index (κ3) is 3.25. The van der Waals surface area contributed by atoms with E-state index in [4.69, 9.17) is 4.74 Å². The van der Waals surface area contributed by atoms with Crippen LogP contribution < -0.4 is 10.1 Å². The van der Waals surface area contributed by atoms with E-state index in [1.807, 2.05) is 0 Å². The fraction of sp³-hybridized carbons (Fsp3) is 0.154. The van der Waals surface area contributed by atoms with E-state index in [-0.39, 0.29) is 11.4 Å². The van der Waals surface area contributed by atoms with Gasteiger partial charge in [0.15, 0.2) is 0 Å². The van der Waals surface area contributed by atoms with Gasteiger partial charge in [0.25, 0.3) is 5.91 Å². The number of benzene rings is 1. The van der Waals surface area contributed by atoms with Crippen LogP contribution in [-0.4, -0.2) is 22.5 Å². The summed E-state index contributed by atoms with van der Waals surface area (Å²) < 4.78 is 18.6. The second kappa shape index (κ2) is 5.90. The maximum absolute atomic E-state index is 13.4. The highest BCUT2D eigenvalue weighted by atomic mass is 19.1.